The molecular weight excluding hydrogens is 198 g/mol. The Balaban J connectivity index is 2.18. The lowest BCUT2D eigenvalue weighted by molar-refractivity contribution is 0.0767. The molecule has 0 aliphatic carbocycles. The lowest BCUT2D eigenvalue weighted by Gasteiger charge is -2.31. The fraction of sp³-hybridized carbons (Fsp3) is 0.455. The second kappa shape index (κ2) is 3.89. The maximum absolute atomic E-state index is 9.96. The normalized spacial score (nSPS) is 19.1. The molecule has 2 nitrogen and oxygen atoms in total. The van der Waals surface area contributed by atoms with Gasteiger partial charge in [0.05, 0.1) is 6.10 Å². The smallest absolute Gasteiger partial charge is 0.0843 e. The molecule has 3 heteroatoms. The van der Waals surface area contributed by atoms with Crippen molar-refractivity contribution in [2.45, 2.75) is 13.0 Å². The minimum absolute atomic E-state index is 0.341. The third-order valence-electron chi connectivity index (χ3n) is 2.80. The van der Waals surface area contributed by atoms with E-state index in [9.17, 15) is 5.11 Å². The molecule has 2 N–H and O–H groups in total. The zero-order valence-electron chi connectivity index (χ0n) is 8.13. The first-order valence-electron chi connectivity index (χ1n) is 4.83. The van der Waals surface area contributed by atoms with Gasteiger partial charge in [-0.25, -0.2) is 0 Å². The molecule has 1 atom stereocenters. The maximum atomic E-state index is 9.96. The Kier molecular flexibility index (Phi) is 2.77. The van der Waals surface area contributed by atoms with E-state index in [0.29, 0.717) is 5.92 Å². The fourth-order valence-electron chi connectivity index (χ4n) is 1.60. The van der Waals surface area contributed by atoms with Crippen LogP contribution in [0, 0.1) is 12.8 Å². The molecule has 76 valence electrons. The van der Waals surface area contributed by atoms with Gasteiger partial charge in [-0.3, -0.25) is 0 Å². The molecule has 0 aromatic heterocycles. The van der Waals surface area contributed by atoms with Gasteiger partial charge in [-0.15, -0.1) is 0 Å². The Bertz CT molecular complexity index is 336. The summed E-state index contributed by atoms with van der Waals surface area (Å²) in [5.74, 6) is 0.341. The first kappa shape index (κ1) is 9.97. The van der Waals surface area contributed by atoms with Crippen LogP contribution in [0.15, 0.2) is 18.2 Å². The van der Waals surface area contributed by atoms with Gasteiger partial charge in [0, 0.05) is 24.0 Å². The molecular formula is C11H14ClNO. The summed E-state index contributed by atoms with van der Waals surface area (Å²) in [5.41, 5.74) is 1.97. The molecule has 14 heavy (non-hydrogen) atoms. The molecule has 0 bridgehead atoms. The summed E-state index contributed by atoms with van der Waals surface area (Å²) in [6.07, 6.45) is -0.380. The summed E-state index contributed by atoms with van der Waals surface area (Å²) in [4.78, 5) is 0. The molecule has 0 amide bonds. The van der Waals surface area contributed by atoms with Gasteiger partial charge in [0.2, 0.25) is 0 Å². The second-order valence-corrected chi connectivity index (χ2v) is 4.28. The molecule has 2 rings (SSSR count). The molecule has 0 spiro atoms. The average molecular weight is 212 g/mol. The molecule has 1 aliphatic rings. The van der Waals surface area contributed by atoms with E-state index in [2.05, 4.69) is 5.32 Å². The number of nitrogens with one attached hydrogen (secondary N) is 1. The third-order valence-corrected chi connectivity index (χ3v) is 3.20. The topological polar surface area (TPSA) is 32.3 Å². The van der Waals surface area contributed by atoms with Gasteiger partial charge in [-0.05, 0) is 24.1 Å². The van der Waals surface area contributed by atoms with Crippen LogP contribution < -0.4 is 5.32 Å². The van der Waals surface area contributed by atoms with Gasteiger partial charge in [-0.2, -0.15) is 0 Å². The van der Waals surface area contributed by atoms with Crippen molar-refractivity contribution in [2.75, 3.05) is 13.1 Å². The Morgan fingerprint density at radius 1 is 1.50 bits per heavy atom. The number of aliphatic hydroxyl groups is 1. The summed E-state index contributed by atoms with van der Waals surface area (Å²) < 4.78 is 0. The van der Waals surface area contributed by atoms with Crippen LogP contribution >= 0.6 is 11.6 Å². The molecule has 1 unspecified atom stereocenters. The Morgan fingerprint density at radius 2 is 2.21 bits per heavy atom. The number of hydrogen-bond acceptors (Lipinski definition) is 2. The molecule has 1 aromatic rings. The zero-order valence-corrected chi connectivity index (χ0v) is 8.88. The highest BCUT2D eigenvalue weighted by Crippen LogP contribution is 2.27. The van der Waals surface area contributed by atoms with Gasteiger partial charge in [-0.1, -0.05) is 23.7 Å². The van der Waals surface area contributed by atoms with E-state index >= 15 is 0 Å². The molecule has 1 saturated heterocycles. The van der Waals surface area contributed by atoms with Crippen molar-refractivity contribution in [1.82, 2.24) is 5.32 Å². The minimum Gasteiger partial charge on any atom is -0.388 e. The molecule has 1 fully saturated rings. The highest BCUT2D eigenvalue weighted by atomic mass is 35.5. The predicted molar refractivity (Wildman–Crippen MR) is 57.5 cm³/mol. The van der Waals surface area contributed by atoms with Crippen LogP contribution in [-0.2, 0) is 0 Å². The first-order chi connectivity index (χ1) is 6.68. The average Bonchev–Trinajstić information content (AvgIpc) is 2.06. The van der Waals surface area contributed by atoms with Crippen molar-refractivity contribution in [3.05, 3.63) is 34.3 Å². The van der Waals surface area contributed by atoms with Crippen LogP contribution in [0.1, 0.15) is 17.2 Å². The minimum atomic E-state index is -0.380. The van der Waals surface area contributed by atoms with Crippen LogP contribution in [0.2, 0.25) is 5.02 Å². The summed E-state index contributed by atoms with van der Waals surface area (Å²) >= 11 is 6.00. The highest BCUT2D eigenvalue weighted by molar-refractivity contribution is 6.31. The van der Waals surface area contributed by atoms with E-state index in [1.54, 1.807) is 0 Å². The van der Waals surface area contributed by atoms with Crippen molar-refractivity contribution >= 4 is 11.6 Å². The Labute approximate surface area is 88.9 Å². The van der Waals surface area contributed by atoms with Crippen LogP contribution in [-0.4, -0.2) is 18.2 Å². The van der Waals surface area contributed by atoms with Crippen molar-refractivity contribution in [2.24, 2.45) is 5.92 Å². The molecule has 0 radical (unpaired) electrons. The van der Waals surface area contributed by atoms with Gasteiger partial charge in [0.15, 0.2) is 0 Å². The van der Waals surface area contributed by atoms with Crippen molar-refractivity contribution in [3.8, 4) is 0 Å². The summed E-state index contributed by atoms with van der Waals surface area (Å²) in [7, 11) is 0. The first-order valence-corrected chi connectivity index (χ1v) is 5.21. The van der Waals surface area contributed by atoms with Crippen LogP contribution in [0.4, 0.5) is 0 Å². The molecule has 1 aromatic carbocycles. The zero-order chi connectivity index (χ0) is 10.1. The number of aliphatic hydroxyl groups excluding tert-OH is 1. The summed E-state index contributed by atoms with van der Waals surface area (Å²) in [6.45, 7) is 3.75. The second-order valence-electron chi connectivity index (χ2n) is 3.87. The number of aryl methyl sites for hydroxylation is 1. The summed E-state index contributed by atoms with van der Waals surface area (Å²) in [5, 5.41) is 13.8. The fourth-order valence-corrected chi connectivity index (χ4v) is 1.79. The van der Waals surface area contributed by atoms with Crippen molar-refractivity contribution in [3.63, 3.8) is 0 Å². The Hall–Kier alpha value is -0.570. The predicted octanol–water partition coefficient (Wildman–Crippen LogP) is 1.90. The van der Waals surface area contributed by atoms with Crippen LogP contribution in [0.25, 0.3) is 0 Å². The monoisotopic (exact) mass is 211 g/mol. The van der Waals surface area contributed by atoms with E-state index in [1.165, 1.54) is 0 Å². The maximum Gasteiger partial charge on any atom is 0.0843 e. The largest absolute Gasteiger partial charge is 0.388 e. The number of hydrogen-bond donors (Lipinski definition) is 2. The van der Waals surface area contributed by atoms with Gasteiger partial charge >= 0.3 is 0 Å². The standard InChI is InChI=1S/C11H14ClNO/c1-7-2-3-8(4-10(7)12)11(14)9-5-13-6-9/h2-4,9,11,13-14H,5-6H2,1H3. The van der Waals surface area contributed by atoms with Crippen LogP contribution in [0.5, 0.6) is 0 Å². The molecule has 0 saturated carbocycles. The van der Waals surface area contributed by atoms with Crippen molar-refractivity contribution < 1.29 is 5.11 Å². The van der Waals surface area contributed by atoms with Gasteiger partial charge < -0.3 is 10.4 Å². The van der Waals surface area contributed by atoms with Crippen molar-refractivity contribution in [1.29, 1.82) is 0 Å². The van der Waals surface area contributed by atoms with Gasteiger partial charge in [0.25, 0.3) is 0 Å². The summed E-state index contributed by atoms with van der Waals surface area (Å²) in [6, 6.07) is 5.76. The van der Waals surface area contributed by atoms with E-state index in [4.69, 9.17) is 11.6 Å². The lowest BCUT2D eigenvalue weighted by atomic mass is 9.91. The highest BCUT2D eigenvalue weighted by Gasteiger charge is 2.26. The van der Waals surface area contributed by atoms with Gasteiger partial charge in [0.1, 0.15) is 0 Å². The quantitative estimate of drug-likeness (QED) is 0.783. The molecule has 1 aliphatic heterocycles. The van der Waals surface area contributed by atoms with E-state index in [1.807, 2.05) is 25.1 Å². The van der Waals surface area contributed by atoms with E-state index in [0.717, 1.165) is 29.2 Å². The molecule has 1 heterocycles. The number of benzene rings is 1. The van der Waals surface area contributed by atoms with Crippen LogP contribution in [0.3, 0.4) is 0 Å². The lowest BCUT2D eigenvalue weighted by Crippen LogP contribution is -2.45. The third kappa shape index (κ3) is 1.78. The Morgan fingerprint density at radius 3 is 2.71 bits per heavy atom. The van der Waals surface area contributed by atoms with E-state index < -0.39 is 0 Å². The SMILES string of the molecule is Cc1ccc(C(O)C2CNC2)cc1Cl. The number of halogens is 1. The number of rotatable bonds is 2. The van der Waals surface area contributed by atoms with E-state index in [-0.39, 0.29) is 6.10 Å².